The topological polar surface area (TPSA) is 75.4 Å². The van der Waals surface area contributed by atoms with E-state index in [1.54, 1.807) is 0 Å². The van der Waals surface area contributed by atoms with Gasteiger partial charge in [-0.3, -0.25) is 10.1 Å². The zero-order valence-corrected chi connectivity index (χ0v) is 12.4. The van der Waals surface area contributed by atoms with Gasteiger partial charge in [0.05, 0.1) is 27.1 Å². The molecule has 1 aromatic carbocycles. The quantitative estimate of drug-likeness (QED) is 0.649. The van der Waals surface area contributed by atoms with Gasteiger partial charge in [-0.05, 0) is 18.9 Å². The highest BCUT2D eigenvalue weighted by molar-refractivity contribution is 6.42. The van der Waals surface area contributed by atoms with E-state index in [1.807, 2.05) is 0 Å². The molecule has 0 heterocycles. The number of aliphatic hydroxyl groups is 1. The van der Waals surface area contributed by atoms with Gasteiger partial charge in [0.15, 0.2) is 0 Å². The number of nitro groups is 1. The molecule has 0 aromatic heterocycles. The van der Waals surface area contributed by atoms with Gasteiger partial charge in [0, 0.05) is 6.07 Å². The summed E-state index contributed by atoms with van der Waals surface area (Å²) in [5, 5.41) is 24.3. The van der Waals surface area contributed by atoms with Crippen LogP contribution in [0.1, 0.15) is 32.1 Å². The van der Waals surface area contributed by atoms with Gasteiger partial charge in [-0.1, -0.05) is 42.5 Å². The Morgan fingerprint density at radius 1 is 1.25 bits per heavy atom. The molecule has 1 saturated carbocycles. The lowest BCUT2D eigenvalue weighted by atomic mass is 9.82. The fourth-order valence-electron chi connectivity index (χ4n) is 2.62. The predicted octanol–water partition coefficient (Wildman–Crippen LogP) is 4.01. The van der Waals surface area contributed by atoms with Gasteiger partial charge in [-0.15, -0.1) is 0 Å². The van der Waals surface area contributed by atoms with Crippen LogP contribution in [0.25, 0.3) is 0 Å². The van der Waals surface area contributed by atoms with Crippen molar-refractivity contribution >= 4 is 34.6 Å². The van der Waals surface area contributed by atoms with Crippen LogP contribution in [-0.4, -0.2) is 22.2 Å². The first-order valence-corrected chi connectivity index (χ1v) is 7.25. The van der Waals surface area contributed by atoms with Crippen LogP contribution in [0.4, 0.5) is 11.4 Å². The lowest BCUT2D eigenvalue weighted by molar-refractivity contribution is -0.384. The van der Waals surface area contributed by atoms with E-state index in [2.05, 4.69) is 5.32 Å². The van der Waals surface area contributed by atoms with Crippen LogP contribution in [-0.2, 0) is 0 Å². The van der Waals surface area contributed by atoms with Crippen molar-refractivity contribution in [3.63, 3.8) is 0 Å². The third-order valence-electron chi connectivity index (χ3n) is 3.75. The fraction of sp³-hybridized carbons (Fsp3) is 0.538. The van der Waals surface area contributed by atoms with Crippen LogP contribution in [0.15, 0.2) is 12.1 Å². The molecule has 110 valence electrons. The number of nitrogens with zero attached hydrogens (tertiary/aromatic N) is 1. The summed E-state index contributed by atoms with van der Waals surface area (Å²) in [6.45, 7) is -0.0651. The zero-order chi connectivity index (χ0) is 14.8. The molecule has 1 fully saturated rings. The molecule has 0 saturated heterocycles. The number of aliphatic hydroxyl groups excluding tert-OH is 1. The summed E-state index contributed by atoms with van der Waals surface area (Å²) in [5.74, 6) is 0. The first kappa shape index (κ1) is 15.4. The molecular weight excluding hydrogens is 303 g/mol. The fourth-order valence-corrected chi connectivity index (χ4v) is 2.95. The van der Waals surface area contributed by atoms with Crippen LogP contribution in [0.5, 0.6) is 0 Å². The van der Waals surface area contributed by atoms with Crippen molar-refractivity contribution in [2.45, 2.75) is 37.6 Å². The molecule has 20 heavy (non-hydrogen) atoms. The molecule has 5 nitrogen and oxygen atoms in total. The predicted molar refractivity (Wildman–Crippen MR) is 79.6 cm³/mol. The monoisotopic (exact) mass is 318 g/mol. The second-order valence-corrected chi connectivity index (χ2v) is 5.98. The summed E-state index contributed by atoms with van der Waals surface area (Å²) < 4.78 is 0. The highest BCUT2D eigenvalue weighted by atomic mass is 35.5. The van der Waals surface area contributed by atoms with E-state index in [0.717, 1.165) is 32.1 Å². The van der Waals surface area contributed by atoms with Gasteiger partial charge in [0.1, 0.15) is 5.69 Å². The molecule has 1 aliphatic rings. The molecule has 0 unspecified atom stereocenters. The molecule has 0 spiro atoms. The lowest BCUT2D eigenvalue weighted by Gasteiger charge is -2.37. The second-order valence-electron chi connectivity index (χ2n) is 5.16. The Hall–Kier alpha value is -1.04. The SMILES string of the molecule is O=[N+]([O-])c1cc(Cl)c(Cl)cc1NC1(CO)CCCCC1. The Balaban J connectivity index is 2.36. The minimum Gasteiger partial charge on any atom is -0.394 e. The number of benzene rings is 1. The van der Waals surface area contributed by atoms with Gasteiger partial charge in [-0.25, -0.2) is 0 Å². The number of hydrogen-bond acceptors (Lipinski definition) is 4. The molecule has 0 radical (unpaired) electrons. The second kappa shape index (κ2) is 6.16. The Bertz CT molecular complexity index is 517. The smallest absolute Gasteiger partial charge is 0.293 e. The third-order valence-corrected chi connectivity index (χ3v) is 4.47. The van der Waals surface area contributed by atoms with Crippen molar-refractivity contribution in [2.24, 2.45) is 0 Å². The molecule has 7 heteroatoms. The van der Waals surface area contributed by atoms with Crippen LogP contribution in [0.3, 0.4) is 0 Å². The number of anilines is 1. The van der Waals surface area contributed by atoms with E-state index in [0.29, 0.717) is 5.69 Å². The molecular formula is C13H16Cl2N2O3. The number of nitrogens with one attached hydrogen (secondary N) is 1. The Morgan fingerprint density at radius 2 is 1.85 bits per heavy atom. The summed E-state index contributed by atoms with van der Waals surface area (Å²) in [4.78, 5) is 10.6. The minimum absolute atomic E-state index is 0.0651. The molecule has 0 amide bonds. The molecule has 0 bridgehead atoms. The first-order chi connectivity index (χ1) is 9.47. The van der Waals surface area contributed by atoms with Crippen LogP contribution in [0.2, 0.25) is 10.0 Å². The van der Waals surface area contributed by atoms with Crippen LogP contribution < -0.4 is 5.32 Å². The van der Waals surface area contributed by atoms with Gasteiger partial charge in [0.25, 0.3) is 5.69 Å². The molecule has 2 rings (SSSR count). The molecule has 0 aliphatic heterocycles. The van der Waals surface area contributed by atoms with Crippen molar-refractivity contribution < 1.29 is 10.0 Å². The molecule has 1 aromatic rings. The Labute approximate surface area is 127 Å². The van der Waals surface area contributed by atoms with Crippen molar-refractivity contribution in [3.05, 3.63) is 32.3 Å². The van der Waals surface area contributed by atoms with Gasteiger partial charge in [0.2, 0.25) is 0 Å². The largest absolute Gasteiger partial charge is 0.394 e. The van der Waals surface area contributed by atoms with Crippen LogP contribution >= 0.6 is 23.2 Å². The van der Waals surface area contributed by atoms with Crippen molar-refractivity contribution in [1.29, 1.82) is 0 Å². The van der Waals surface area contributed by atoms with E-state index < -0.39 is 10.5 Å². The highest BCUT2D eigenvalue weighted by Crippen LogP contribution is 2.38. The summed E-state index contributed by atoms with van der Waals surface area (Å²) >= 11 is 11.8. The van der Waals surface area contributed by atoms with Crippen LogP contribution in [0, 0.1) is 10.1 Å². The van der Waals surface area contributed by atoms with Crippen molar-refractivity contribution in [2.75, 3.05) is 11.9 Å². The molecule has 1 aliphatic carbocycles. The van der Waals surface area contributed by atoms with Crippen molar-refractivity contribution in [3.8, 4) is 0 Å². The van der Waals surface area contributed by atoms with Gasteiger partial charge < -0.3 is 10.4 Å². The number of hydrogen-bond donors (Lipinski definition) is 2. The number of halogens is 2. The molecule has 2 N–H and O–H groups in total. The van der Waals surface area contributed by atoms with E-state index in [9.17, 15) is 15.2 Å². The maximum absolute atomic E-state index is 11.1. The van der Waals surface area contributed by atoms with Gasteiger partial charge >= 0.3 is 0 Å². The summed E-state index contributed by atoms with van der Waals surface area (Å²) in [5.41, 5.74) is -0.335. The Morgan fingerprint density at radius 3 is 2.40 bits per heavy atom. The summed E-state index contributed by atoms with van der Waals surface area (Å²) in [6, 6.07) is 2.69. The Kier molecular flexibility index (Phi) is 4.73. The van der Waals surface area contributed by atoms with E-state index in [4.69, 9.17) is 23.2 Å². The first-order valence-electron chi connectivity index (χ1n) is 6.50. The summed E-state index contributed by atoms with van der Waals surface area (Å²) in [7, 11) is 0. The average molecular weight is 319 g/mol. The molecule has 0 atom stereocenters. The average Bonchev–Trinajstić information content (AvgIpc) is 2.43. The van der Waals surface area contributed by atoms with E-state index >= 15 is 0 Å². The van der Waals surface area contributed by atoms with E-state index in [1.165, 1.54) is 12.1 Å². The lowest BCUT2D eigenvalue weighted by Crippen LogP contribution is -2.44. The highest BCUT2D eigenvalue weighted by Gasteiger charge is 2.33. The van der Waals surface area contributed by atoms with Crippen molar-refractivity contribution in [1.82, 2.24) is 0 Å². The minimum atomic E-state index is -0.514. The van der Waals surface area contributed by atoms with Gasteiger partial charge in [-0.2, -0.15) is 0 Å². The standard InChI is InChI=1S/C13H16Cl2N2O3/c14-9-6-11(12(17(19)20)7-10(9)15)16-13(8-18)4-2-1-3-5-13/h6-7,16,18H,1-5,8H2. The summed E-state index contributed by atoms with van der Waals surface area (Å²) in [6.07, 6.45) is 4.65. The number of nitro benzene ring substituents is 1. The maximum Gasteiger partial charge on any atom is 0.293 e. The third kappa shape index (κ3) is 3.16. The maximum atomic E-state index is 11.1. The zero-order valence-electron chi connectivity index (χ0n) is 10.9. The number of rotatable bonds is 4. The normalized spacial score (nSPS) is 17.8. The van der Waals surface area contributed by atoms with E-state index in [-0.39, 0.29) is 22.3 Å².